The Kier molecular flexibility index (Phi) is 4.31. The van der Waals surface area contributed by atoms with E-state index in [1.807, 2.05) is 12.3 Å². The second-order valence-corrected chi connectivity index (χ2v) is 5.87. The van der Waals surface area contributed by atoms with Crippen LogP contribution in [0.15, 0.2) is 34.9 Å². The van der Waals surface area contributed by atoms with Crippen molar-refractivity contribution < 1.29 is 9.84 Å². The first kappa shape index (κ1) is 13.9. The third-order valence-electron chi connectivity index (χ3n) is 3.62. The van der Waals surface area contributed by atoms with Gasteiger partial charge in [-0.25, -0.2) is 0 Å². The molecule has 1 N–H and O–H groups in total. The van der Waals surface area contributed by atoms with Crippen LogP contribution in [0.25, 0.3) is 10.9 Å². The fraction of sp³-hybridized carbons (Fsp3) is 0.400. The van der Waals surface area contributed by atoms with Gasteiger partial charge < -0.3 is 9.84 Å². The maximum Gasteiger partial charge on any atom is 0.0933 e. The van der Waals surface area contributed by atoms with Gasteiger partial charge in [-0.1, -0.05) is 28.1 Å². The van der Waals surface area contributed by atoms with Crippen molar-refractivity contribution in [2.45, 2.75) is 12.6 Å². The van der Waals surface area contributed by atoms with Gasteiger partial charge in [-0.15, -0.1) is 0 Å². The van der Waals surface area contributed by atoms with E-state index in [-0.39, 0.29) is 12.7 Å². The van der Waals surface area contributed by atoms with Crippen LogP contribution in [-0.4, -0.2) is 47.4 Å². The van der Waals surface area contributed by atoms with Gasteiger partial charge in [-0.2, -0.15) is 0 Å². The molecule has 1 aliphatic rings. The van der Waals surface area contributed by atoms with Gasteiger partial charge in [0.2, 0.25) is 0 Å². The average molecular weight is 337 g/mol. The molecule has 4 nitrogen and oxygen atoms in total. The molecule has 1 aliphatic heterocycles. The molecule has 1 aromatic carbocycles. The summed E-state index contributed by atoms with van der Waals surface area (Å²) in [5, 5.41) is 10.3. The Labute approximate surface area is 126 Å². The minimum absolute atomic E-state index is 0.0709. The van der Waals surface area contributed by atoms with Gasteiger partial charge >= 0.3 is 0 Å². The van der Waals surface area contributed by atoms with Gasteiger partial charge in [0.15, 0.2) is 0 Å². The second-order valence-electron chi connectivity index (χ2n) is 5.02. The summed E-state index contributed by atoms with van der Waals surface area (Å²) in [7, 11) is 0. The van der Waals surface area contributed by atoms with E-state index in [2.05, 4.69) is 44.0 Å². The number of benzene rings is 1. The summed E-state index contributed by atoms with van der Waals surface area (Å²) in [6, 6.07) is 8.21. The van der Waals surface area contributed by atoms with Gasteiger partial charge in [0.05, 0.1) is 24.8 Å². The van der Waals surface area contributed by atoms with E-state index in [4.69, 9.17) is 4.74 Å². The lowest BCUT2D eigenvalue weighted by molar-refractivity contribution is -0.0550. The Balaban J connectivity index is 1.86. The van der Waals surface area contributed by atoms with E-state index in [1.54, 1.807) is 0 Å². The number of aliphatic hydroxyl groups excluding tert-OH is 1. The van der Waals surface area contributed by atoms with E-state index < -0.39 is 0 Å². The number of pyridine rings is 1. The standard InChI is InChI=1S/C15H17BrN2O2/c16-14-4-3-11(15-13(14)2-1-5-17-15)8-18-6-7-20-12(9-18)10-19/h1-5,12,19H,6-10H2/t12-/m0/s1. The first-order chi connectivity index (χ1) is 9.78. The van der Waals surface area contributed by atoms with Gasteiger partial charge in [-0.3, -0.25) is 9.88 Å². The van der Waals surface area contributed by atoms with Crippen LogP contribution < -0.4 is 0 Å². The summed E-state index contributed by atoms with van der Waals surface area (Å²) in [4.78, 5) is 6.82. The maximum absolute atomic E-state index is 9.21. The third kappa shape index (κ3) is 2.86. The lowest BCUT2D eigenvalue weighted by Crippen LogP contribution is -2.43. The zero-order chi connectivity index (χ0) is 13.9. The molecule has 1 saturated heterocycles. The highest BCUT2D eigenvalue weighted by Crippen LogP contribution is 2.26. The van der Waals surface area contributed by atoms with Crippen LogP contribution in [0.2, 0.25) is 0 Å². The fourth-order valence-corrected chi connectivity index (χ4v) is 3.05. The number of rotatable bonds is 3. The van der Waals surface area contributed by atoms with Gasteiger partial charge in [0.1, 0.15) is 0 Å². The average Bonchev–Trinajstić information content (AvgIpc) is 2.51. The lowest BCUT2D eigenvalue weighted by atomic mass is 10.1. The van der Waals surface area contributed by atoms with Crippen molar-refractivity contribution in [1.82, 2.24) is 9.88 Å². The minimum atomic E-state index is -0.0709. The number of hydrogen-bond donors (Lipinski definition) is 1. The highest BCUT2D eigenvalue weighted by atomic mass is 79.9. The molecule has 0 bridgehead atoms. The highest BCUT2D eigenvalue weighted by Gasteiger charge is 2.20. The Hall–Kier alpha value is -1.01. The van der Waals surface area contributed by atoms with Gasteiger partial charge in [0, 0.05) is 35.7 Å². The van der Waals surface area contributed by atoms with E-state index in [9.17, 15) is 5.11 Å². The predicted molar refractivity (Wildman–Crippen MR) is 81.5 cm³/mol. The molecule has 3 rings (SSSR count). The molecule has 0 spiro atoms. The summed E-state index contributed by atoms with van der Waals surface area (Å²) >= 11 is 3.57. The second kappa shape index (κ2) is 6.18. The molecule has 2 heterocycles. The number of fused-ring (bicyclic) bond motifs is 1. The van der Waals surface area contributed by atoms with Crippen LogP contribution in [0.5, 0.6) is 0 Å². The summed E-state index contributed by atoms with van der Waals surface area (Å²) < 4.78 is 6.56. The molecule has 2 aromatic rings. The van der Waals surface area contributed by atoms with Crippen LogP contribution in [0, 0.1) is 0 Å². The van der Waals surface area contributed by atoms with Crippen molar-refractivity contribution in [3.05, 3.63) is 40.5 Å². The summed E-state index contributed by atoms with van der Waals surface area (Å²) in [6.45, 7) is 3.24. The molecular weight excluding hydrogens is 320 g/mol. The number of ether oxygens (including phenoxy) is 1. The molecular formula is C15H17BrN2O2. The van der Waals surface area contributed by atoms with Crippen molar-refractivity contribution in [3.63, 3.8) is 0 Å². The Morgan fingerprint density at radius 2 is 2.30 bits per heavy atom. The highest BCUT2D eigenvalue weighted by molar-refractivity contribution is 9.10. The molecule has 5 heteroatoms. The molecule has 0 unspecified atom stereocenters. The Bertz CT molecular complexity index is 605. The molecule has 0 saturated carbocycles. The monoisotopic (exact) mass is 336 g/mol. The number of morpholine rings is 1. The minimum Gasteiger partial charge on any atom is -0.394 e. The molecule has 0 aliphatic carbocycles. The summed E-state index contributed by atoms with van der Waals surface area (Å²) in [6.07, 6.45) is 1.76. The zero-order valence-electron chi connectivity index (χ0n) is 11.1. The molecule has 1 atom stereocenters. The Morgan fingerprint density at radius 1 is 1.40 bits per heavy atom. The number of nitrogens with zero attached hydrogens (tertiary/aromatic N) is 2. The summed E-state index contributed by atoms with van der Waals surface area (Å²) in [5.41, 5.74) is 2.25. The van der Waals surface area contributed by atoms with E-state index in [0.29, 0.717) is 6.61 Å². The first-order valence-corrected chi connectivity index (χ1v) is 7.54. The number of halogens is 1. The van der Waals surface area contributed by atoms with Crippen LogP contribution in [-0.2, 0) is 11.3 Å². The fourth-order valence-electron chi connectivity index (χ4n) is 2.60. The van der Waals surface area contributed by atoms with Crippen molar-refractivity contribution in [3.8, 4) is 0 Å². The van der Waals surface area contributed by atoms with Crippen LogP contribution in [0.1, 0.15) is 5.56 Å². The molecule has 0 radical (unpaired) electrons. The quantitative estimate of drug-likeness (QED) is 0.933. The predicted octanol–water partition coefficient (Wildman–Crippen LogP) is 2.19. The normalized spacial score (nSPS) is 20.4. The molecule has 106 valence electrons. The molecule has 20 heavy (non-hydrogen) atoms. The number of aromatic nitrogens is 1. The van der Waals surface area contributed by atoms with E-state index in [1.165, 1.54) is 5.56 Å². The topological polar surface area (TPSA) is 45.6 Å². The van der Waals surface area contributed by atoms with Crippen LogP contribution >= 0.6 is 15.9 Å². The first-order valence-electron chi connectivity index (χ1n) is 6.75. The molecule has 1 aromatic heterocycles. The van der Waals surface area contributed by atoms with Crippen LogP contribution in [0.4, 0.5) is 0 Å². The number of hydrogen-bond acceptors (Lipinski definition) is 4. The molecule has 0 amide bonds. The van der Waals surface area contributed by atoms with E-state index in [0.717, 1.165) is 35.0 Å². The third-order valence-corrected chi connectivity index (χ3v) is 4.31. The van der Waals surface area contributed by atoms with Crippen molar-refractivity contribution in [2.75, 3.05) is 26.3 Å². The lowest BCUT2D eigenvalue weighted by Gasteiger charge is -2.32. The van der Waals surface area contributed by atoms with Crippen molar-refractivity contribution in [1.29, 1.82) is 0 Å². The zero-order valence-corrected chi connectivity index (χ0v) is 12.7. The van der Waals surface area contributed by atoms with Crippen molar-refractivity contribution in [2.24, 2.45) is 0 Å². The van der Waals surface area contributed by atoms with Gasteiger partial charge in [-0.05, 0) is 17.7 Å². The Morgan fingerprint density at radius 3 is 3.15 bits per heavy atom. The molecule has 1 fully saturated rings. The number of aliphatic hydroxyl groups is 1. The largest absolute Gasteiger partial charge is 0.394 e. The summed E-state index contributed by atoms with van der Waals surface area (Å²) in [5.74, 6) is 0. The smallest absolute Gasteiger partial charge is 0.0933 e. The maximum atomic E-state index is 9.21. The van der Waals surface area contributed by atoms with Crippen molar-refractivity contribution >= 4 is 26.8 Å². The van der Waals surface area contributed by atoms with Gasteiger partial charge in [0.25, 0.3) is 0 Å². The SMILES string of the molecule is OC[C@@H]1CN(Cc2ccc(Br)c3cccnc23)CCO1. The van der Waals surface area contributed by atoms with Crippen LogP contribution in [0.3, 0.4) is 0 Å². The van der Waals surface area contributed by atoms with E-state index >= 15 is 0 Å².